The molecule has 1 amide bonds. The lowest BCUT2D eigenvalue weighted by molar-refractivity contribution is -0.140. The highest BCUT2D eigenvalue weighted by Gasteiger charge is 2.19. The van der Waals surface area contributed by atoms with Crippen molar-refractivity contribution in [3.05, 3.63) is 24.0 Å². The molecule has 0 aromatic carbocycles. The summed E-state index contributed by atoms with van der Waals surface area (Å²) < 4.78 is 4.60. The molecule has 0 unspecified atom stereocenters. The standard InChI is InChI=1S/C14H21N3O3/c1-10(2)9-17(7-6-13(18)20-3)14(19)12-5-4-11(15)8-16-12/h4-5,8,10H,6-7,9,15H2,1-3H3. The highest BCUT2D eigenvalue weighted by atomic mass is 16.5. The van der Waals surface area contributed by atoms with E-state index in [1.807, 2.05) is 13.8 Å². The van der Waals surface area contributed by atoms with Gasteiger partial charge in [0.1, 0.15) is 5.69 Å². The number of carbonyl (C=O) groups is 2. The third-order valence-electron chi connectivity index (χ3n) is 2.69. The van der Waals surface area contributed by atoms with E-state index in [-0.39, 0.29) is 18.3 Å². The zero-order chi connectivity index (χ0) is 15.1. The molecular formula is C14H21N3O3. The van der Waals surface area contributed by atoms with Crippen LogP contribution >= 0.6 is 0 Å². The minimum atomic E-state index is -0.336. The first-order valence-electron chi connectivity index (χ1n) is 6.51. The van der Waals surface area contributed by atoms with E-state index in [1.165, 1.54) is 13.3 Å². The third kappa shape index (κ3) is 4.87. The zero-order valence-electron chi connectivity index (χ0n) is 12.1. The number of methoxy groups -OCH3 is 1. The predicted octanol–water partition coefficient (Wildman–Crippen LogP) is 1.33. The number of carbonyl (C=O) groups excluding carboxylic acids is 2. The predicted molar refractivity (Wildman–Crippen MR) is 76.0 cm³/mol. The number of nitrogen functional groups attached to an aromatic ring is 1. The van der Waals surface area contributed by atoms with Gasteiger partial charge in [-0.05, 0) is 18.1 Å². The van der Waals surface area contributed by atoms with Crippen molar-refractivity contribution in [1.82, 2.24) is 9.88 Å². The second-order valence-corrected chi connectivity index (χ2v) is 4.95. The zero-order valence-corrected chi connectivity index (χ0v) is 12.1. The molecule has 0 aliphatic carbocycles. The number of aromatic nitrogens is 1. The van der Waals surface area contributed by atoms with Gasteiger partial charge in [0.25, 0.3) is 5.91 Å². The second-order valence-electron chi connectivity index (χ2n) is 4.95. The molecule has 6 heteroatoms. The van der Waals surface area contributed by atoms with Crippen molar-refractivity contribution in [2.45, 2.75) is 20.3 Å². The van der Waals surface area contributed by atoms with E-state index in [0.29, 0.717) is 30.4 Å². The van der Waals surface area contributed by atoms with Crippen LogP contribution in [0.25, 0.3) is 0 Å². The van der Waals surface area contributed by atoms with Crippen molar-refractivity contribution in [2.24, 2.45) is 5.92 Å². The molecule has 0 fully saturated rings. The summed E-state index contributed by atoms with van der Waals surface area (Å²) in [7, 11) is 1.33. The van der Waals surface area contributed by atoms with Crippen LogP contribution < -0.4 is 5.73 Å². The average Bonchev–Trinajstić information content (AvgIpc) is 2.42. The molecule has 0 radical (unpaired) electrons. The quantitative estimate of drug-likeness (QED) is 0.794. The molecule has 20 heavy (non-hydrogen) atoms. The highest BCUT2D eigenvalue weighted by Crippen LogP contribution is 2.08. The number of ether oxygens (including phenoxy) is 1. The van der Waals surface area contributed by atoms with E-state index < -0.39 is 0 Å². The van der Waals surface area contributed by atoms with Gasteiger partial charge in [0.2, 0.25) is 0 Å². The molecular weight excluding hydrogens is 258 g/mol. The van der Waals surface area contributed by atoms with Gasteiger partial charge in [-0.1, -0.05) is 13.8 Å². The molecule has 0 spiro atoms. The number of anilines is 1. The number of nitrogens with zero attached hydrogens (tertiary/aromatic N) is 2. The lowest BCUT2D eigenvalue weighted by Gasteiger charge is -2.23. The Morgan fingerprint density at radius 2 is 2.10 bits per heavy atom. The molecule has 0 bridgehead atoms. The van der Waals surface area contributed by atoms with Crippen LogP contribution in [0.15, 0.2) is 18.3 Å². The molecule has 0 atom stereocenters. The average molecular weight is 279 g/mol. The molecule has 0 saturated heterocycles. The summed E-state index contributed by atoms with van der Waals surface area (Å²) in [5.41, 5.74) is 6.38. The van der Waals surface area contributed by atoms with Gasteiger partial charge in [-0.2, -0.15) is 0 Å². The highest BCUT2D eigenvalue weighted by molar-refractivity contribution is 5.92. The fourth-order valence-corrected chi connectivity index (χ4v) is 1.74. The maximum atomic E-state index is 12.4. The van der Waals surface area contributed by atoms with Crippen molar-refractivity contribution < 1.29 is 14.3 Å². The maximum absolute atomic E-state index is 12.4. The fraction of sp³-hybridized carbons (Fsp3) is 0.500. The van der Waals surface area contributed by atoms with Crippen LogP contribution in [0.3, 0.4) is 0 Å². The summed E-state index contributed by atoms with van der Waals surface area (Å²) in [4.78, 5) is 29.2. The Morgan fingerprint density at radius 3 is 2.60 bits per heavy atom. The number of nitrogens with two attached hydrogens (primary N) is 1. The Labute approximate surface area is 118 Å². The van der Waals surface area contributed by atoms with Gasteiger partial charge >= 0.3 is 5.97 Å². The largest absolute Gasteiger partial charge is 0.469 e. The van der Waals surface area contributed by atoms with Crippen LogP contribution in [-0.2, 0) is 9.53 Å². The van der Waals surface area contributed by atoms with Crippen LogP contribution in [0.4, 0.5) is 5.69 Å². The van der Waals surface area contributed by atoms with Crippen LogP contribution in [0.5, 0.6) is 0 Å². The van der Waals surface area contributed by atoms with E-state index in [1.54, 1.807) is 17.0 Å². The minimum absolute atomic E-state index is 0.171. The minimum Gasteiger partial charge on any atom is -0.469 e. The summed E-state index contributed by atoms with van der Waals surface area (Å²) in [6.07, 6.45) is 1.62. The number of rotatable bonds is 6. The molecule has 6 nitrogen and oxygen atoms in total. The van der Waals surface area contributed by atoms with Gasteiger partial charge in [-0.15, -0.1) is 0 Å². The SMILES string of the molecule is COC(=O)CCN(CC(C)C)C(=O)c1ccc(N)cn1. The topological polar surface area (TPSA) is 85.5 Å². The lowest BCUT2D eigenvalue weighted by atomic mass is 10.2. The van der Waals surface area contributed by atoms with Crippen LogP contribution in [0.1, 0.15) is 30.8 Å². The van der Waals surface area contributed by atoms with Gasteiger partial charge in [0, 0.05) is 13.1 Å². The summed E-state index contributed by atoms with van der Waals surface area (Å²) >= 11 is 0. The Bertz CT molecular complexity index is 457. The number of pyridine rings is 1. The van der Waals surface area contributed by atoms with Gasteiger partial charge in [-0.25, -0.2) is 4.98 Å². The monoisotopic (exact) mass is 279 g/mol. The van der Waals surface area contributed by atoms with Crippen molar-refractivity contribution in [2.75, 3.05) is 25.9 Å². The number of amides is 1. The van der Waals surface area contributed by atoms with E-state index in [4.69, 9.17) is 5.73 Å². The van der Waals surface area contributed by atoms with Crippen LogP contribution in [0.2, 0.25) is 0 Å². The number of hydrogen-bond acceptors (Lipinski definition) is 5. The third-order valence-corrected chi connectivity index (χ3v) is 2.69. The van der Waals surface area contributed by atoms with E-state index in [2.05, 4.69) is 9.72 Å². The van der Waals surface area contributed by atoms with Crippen LogP contribution in [-0.4, -0.2) is 42.0 Å². The van der Waals surface area contributed by atoms with E-state index in [9.17, 15) is 9.59 Å². The van der Waals surface area contributed by atoms with Crippen molar-refractivity contribution in [3.8, 4) is 0 Å². The molecule has 0 saturated carbocycles. The van der Waals surface area contributed by atoms with Gasteiger partial charge in [-0.3, -0.25) is 9.59 Å². The second kappa shape index (κ2) is 7.47. The number of esters is 1. The summed E-state index contributed by atoms with van der Waals surface area (Å²) in [6.45, 7) is 4.89. The van der Waals surface area contributed by atoms with Gasteiger partial charge in [0.05, 0.1) is 25.4 Å². The molecule has 110 valence electrons. The van der Waals surface area contributed by atoms with Crippen molar-refractivity contribution in [1.29, 1.82) is 0 Å². The van der Waals surface area contributed by atoms with Crippen molar-refractivity contribution in [3.63, 3.8) is 0 Å². The van der Waals surface area contributed by atoms with Crippen LogP contribution in [0, 0.1) is 5.92 Å². The smallest absolute Gasteiger partial charge is 0.307 e. The molecule has 1 heterocycles. The Balaban J connectivity index is 2.78. The van der Waals surface area contributed by atoms with Gasteiger partial charge < -0.3 is 15.4 Å². The molecule has 0 aliphatic rings. The lowest BCUT2D eigenvalue weighted by Crippen LogP contribution is -2.36. The summed E-state index contributed by atoms with van der Waals surface area (Å²) in [5, 5.41) is 0. The molecule has 2 N–H and O–H groups in total. The van der Waals surface area contributed by atoms with Gasteiger partial charge in [0.15, 0.2) is 0 Å². The van der Waals surface area contributed by atoms with Crippen molar-refractivity contribution >= 4 is 17.6 Å². The Hall–Kier alpha value is -2.11. The van der Waals surface area contributed by atoms with E-state index in [0.717, 1.165) is 0 Å². The summed E-state index contributed by atoms with van der Waals surface area (Å²) in [5.74, 6) is -0.246. The fourth-order valence-electron chi connectivity index (χ4n) is 1.74. The first kappa shape index (κ1) is 15.9. The molecule has 0 aliphatic heterocycles. The first-order valence-corrected chi connectivity index (χ1v) is 6.51. The normalized spacial score (nSPS) is 10.4. The van der Waals surface area contributed by atoms with E-state index >= 15 is 0 Å². The molecule has 1 rings (SSSR count). The molecule has 1 aromatic rings. The Morgan fingerprint density at radius 1 is 1.40 bits per heavy atom. The Kier molecular flexibility index (Phi) is 5.96. The summed E-state index contributed by atoms with van der Waals surface area (Å²) in [6, 6.07) is 3.22. The first-order chi connectivity index (χ1) is 9.43. The number of hydrogen-bond donors (Lipinski definition) is 1. The molecule has 1 aromatic heterocycles. The maximum Gasteiger partial charge on any atom is 0.307 e.